The average Bonchev–Trinajstić information content (AvgIpc) is 2.35. The van der Waals surface area contributed by atoms with Gasteiger partial charge in [0.25, 0.3) is 0 Å². The van der Waals surface area contributed by atoms with Gasteiger partial charge in [0, 0.05) is 5.57 Å². The van der Waals surface area contributed by atoms with Crippen LogP contribution in [0, 0.1) is 0 Å². The highest BCUT2D eigenvalue weighted by molar-refractivity contribution is 5.77. The molecule has 0 saturated heterocycles. The smallest absolute Gasteiger partial charge is 0.150 e. The van der Waals surface area contributed by atoms with Crippen LogP contribution in [-0.4, -0.2) is 6.29 Å². The lowest BCUT2D eigenvalue weighted by molar-refractivity contribution is -0.104. The van der Waals surface area contributed by atoms with E-state index >= 15 is 0 Å². The van der Waals surface area contributed by atoms with Gasteiger partial charge in [-0.1, -0.05) is 66.8 Å². The summed E-state index contributed by atoms with van der Waals surface area (Å²) in [4.78, 5) is 10.6. The lowest BCUT2D eigenvalue weighted by Crippen LogP contribution is -1.75. The molecule has 0 bridgehead atoms. The summed E-state index contributed by atoms with van der Waals surface area (Å²) in [5.74, 6) is 0. The Hall–Kier alpha value is -1.89. The summed E-state index contributed by atoms with van der Waals surface area (Å²) < 4.78 is 0. The van der Waals surface area contributed by atoms with Crippen LogP contribution in [0.4, 0.5) is 0 Å². The zero-order valence-electron chi connectivity index (χ0n) is 10.5. The van der Waals surface area contributed by atoms with Gasteiger partial charge in [-0.05, 0) is 20.3 Å². The van der Waals surface area contributed by atoms with Gasteiger partial charge in [0.1, 0.15) is 6.29 Å². The summed E-state index contributed by atoms with van der Waals surface area (Å²) in [6.07, 6.45) is 23.0. The molecule has 0 saturated carbocycles. The molecule has 0 rings (SSSR count). The molecule has 0 aromatic rings. The van der Waals surface area contributed by atoms with Crippen LogP contribution in [0.1, 0.15) is 20.3 Å². The summed E-state index contributed by atoms with van der Waals surface area (Å²) in [7, 11) is 0. The van der Waals surface area contributed by atoms with Crippen molar-refractivity contribution in [2.24, 2.45) is 0 Å². The van der Waals surface area contributed by atoms with E-state index in [9.17, 15) is 4.79 Å². The second-order valence-corrected chi connectivity index (χ2v) is 3.29. The second-order valence-electron chi connectivity index (χ2n) is 3.29. The largest absolute Gasteiger partial charge is 0.298 e. The zero-order chi connectivity index (χ0) is 12.8. The van der Waals surface area contributed by atoms with E-state index in [2.05, 4.69) is 6.08 Å². The third-order valence-electron chi connectivity index (χ3n) is 1.85. The third-order valence-corrected chi connectivity index (χ3v) is 1.85. The maximum absolute atomic E-state index is 10.6. The molecular formula is C16H20O. The van der Waals surface area contributed by atoms with Crippen molar-refractivity contribution in [1.82, 2.24) is 0 Å². The van der Waals surface area contributed by atoms with Crippen LogP contribution in [0.3, 0.4) is 0 Å². The highest BCUT2D eigenvalue weighted by atomic mass is 16.1. The van der Waals surface area contributed by atoms with Gasteiger partial charge in [0.15, 0.2) is 0 Å². The van der Waals surface area contributed by atoms with E-state index in [0.717, 1.165) is 12.7 Å². The van der Waals surface area contributed by atoms with Gasteiger partial charge in [-0.25, -0.2) is 0 Å². The van der Waals surface area contributed by atoms with Crippen LogP contribution < -0.4 is 0 Å². The topological polar surface area (TPSA) is 17.1 Å². The molecule has 0 aliphatic rings. The predicted octanol–water partition coefficient (Wildman–Crippen LogP) is 4.32. The number of hydrogen-bond donors (Lipinski definition) is 0. The fourth-order valence-corrected chi connectivity index (χ4v) is 1.06. The van der Waals surface area contributed by atoms with Gasteiger partial charge in [0.05, 0.1) is 0 Å². The van der Waals surface area contributed by atoms with Gasteiger partial charge in [-0.2, -0.15) is 0 Å². The molecule has 17 heavy (non-hydrogen) atoms. The first kappa shape index (κ1) is 15.1. The van der Waals surface area contributed by atoms with E-state index in [-0.39, 0.29) is 0 Å². The average molecular weight is 228 g/mol. The lowest BCUT2D eigenvalue weighted by atomic mass is 10.2. The van der Waals surface area contributed by atoms with Crippen LogP contribution in [0.2, 0.25) is 0 Å². The van der Waals surface area contributed by atoms with E-state index in [1.54, 1.807) is 12.2 Å². The molecule has 90 valence electrons. The Labute approximate surface area is 104 Å². The van der Waals surface area contributed by atoms with Crippen LogP contribution in [-0.2, 0) is 4.79 Å². The zero-order valence-corrected chi connectivity index (χ0v) is 10.5. The van der Waals surface area contributed by atoms with Crippen molar-refractivity contribution in [3.63, 3.8) is 0 Å². The molecule has 0 N–H and O–H groups in total. The van der Waals surface area contributed by atoms with Gasteiger partial charge >= 0.3 is 0 Å². The molecule has 0 unspecified atom stereocenters. The Balaban J connectivity index is 3.99. The van der Waals surface area contributed by atoms with Crippen molar-refractivity contribution in [3.05, 3.63) is 72.4 Å². The SMILES string of the molecule is C/C=C/C=C/C=C/C/C=C/C=C(C=O)/C=C/C. The van der Waals surface area contributed by atoms with Crippen molar-refractivity contribution in [2.45, 2.75) is 20.3 Å². The molecule has 0 aliphatic heterocycles. The van der Waals surface area contributed by atoms with Crippen LogP contribution in [0.15, 0.2) is 72.4 Å². The highest BCUT2D eigenvalue weighted by Crippen LogP contribution is 1.95. The van der Waals surface area contributed by atoms with Crippen molar-refractivity contribution >= 4 is 6.29 Å². The summed E-state index contributed by atoms with van der Waals surface area (Å²) in [6.45, 7) is 3.87. The number of hydrogen-bond acceptors (Lipinski definition) is 1. The summed E-state index contributed by atoms with van der Waals surface area (Å²) in [5.41, 5.74) is 0.681. The second kappa shape index (κ2) is 12.2. The molecule has 0 aliphatic carbocycles. The van der Waals surface area contributed by atoms with Gasteiger partial charge in [-0.15, -0.1) is 0 Å². The van der Waals surface area contributed by atoms with Gasteiger partial charge in [-0.3, -0.25) is 4.79 Å². The molecule has 1 heteroatoms. The first-order valence-electron chi connectivity index (χ1n) is 5.74. The molecule has 1 nitrogen and oxygen atoms in total. The number of rotatable bonds is 7. The Morgan fingerprint density at radius 3 is 2.24 bits per heavy atom. The Morgan fingerprint density at radius 2 is 1.59 bits per heavy atom. The van der Waals surface area contributed by atoms with Crippen molar-refractivity contribution in [1.29, 1.82) is 0 Å². The molecule has 0 aromatic carbocycles. The molecular weight excluding hydrogens is 208 g/mol. The highest BCUT2D eigenvalue weighted by Gasteiger charge is 1.82. The minimum Gasteiger partial charge on any atom is -0.298 e. The maximum Gasteiger partial charge on any atom is 0.150 e. The fraction of sp³-hybridized carbons (Fsp3) is 0.188. The van der Waals surface area contributed by atoms with E-state index in [1.165, 1.54) is 0 Å². The predicted molar refractivity (Wildman–Crippen MR) is 75.8 cm³/mol. The maximum atomic E-state index is 10.6. The molecule has 0 spiro atoms. The van der Waals surface area contributed by atoms with Crippen LogP contribution in [0.5, 0.6) is 0 Å². The van der Waals surface area contributed by atoms with Crippen molar-refractivity contribution in [3.8, 4) is 0 Å². The van der Waals surface area contributed by atoms with Crippen LogP contribution in [0.25, 0.3) is 0 Å². The van der Waals surface area contributed by atoms with Gasteiger partial charge in [0.2, 0.25) is 0 Å². The number of allylic oxidation sites excluding steroid dienone is 12. The standard InChI is InChI=1S/C16H20O/c1-3-5-6-7-8-9-10-11-12-14-16(15-17)13-4-2/h3-9,11-15H,10H2,1-2H3/b5-3+,7-6+,9-8+,12-11+,13-4+,16-14-. The quantitative estimate of drug-likeness (QED) is 0.360. The molecule has 0 fully saturated rings. The molecule has 0 atom stereocenters. The number of carbonyl (C=O) groups excluding carboxylic acids is 1. The lowest BCUT2D eigenvalue weighted by Gasteiger charge is -1.85. The molecule has 0 heterocycles. The molecule has 0 amide bonds. The monoisotopic (exact) mass is 228 g/mol. The van der Waals surface area contributed by atoms with Crippen molar-refractivity contribution in [2.75, 3.05) is 0 Å². The minimum absolute atomic E-state index is 0.681. The van der Waals surface area contributed by atoms with Crippen LogP contribution >= 0.6 is 0 Å². The third kappa shape index (κ3) is 10.4. The number of carbonyl (C=O) groups is 1. The van der Waals surface area contributed by atoms with Gasteiger partial charge < -0.3 is 0 Å². The summed E-state index contributed by atoms with van der Waals surface area (Å²) in [5, 5.41) is 0. The number of aldehydes is 1. The Kier molecular flexibility index (Phi) is 10.8. The van der Waals surface area contributed by atoms with E-state index in [1.807, 2.05) is 62.5 Å². The Bertz CT molecular complexity index is 363. The normalized spacial score (nSPS) is 14.1. The summed E-state index contributed by atoms with van der Waals surface area (Å²) in [6, 6.07) is 0. The fourth-order valence-electron chi connectivity index (χ4n) is 1.06. The first-order chi connectivity index (χ1) is 8.35. The van der Waals surface area contributed by atoms with E-state index in [4.69, 9.17) is 0 Å². The molecule has 0 radical (unpaired) electrons. The summed E-state index contributed by atoms with van der Waals surface area (Å²) >= 11 is 0. The van der Waals surface area contributed by atoms with E-state index in [0.29, 0.717) is 5.57 Å². The minimum atomic E-state index is 0.681. The molecule has 0 aromatic heterocycles. The van der Waals surface area contributed by atoms with E-state index < -0.39 is 0 Å². The van der Waals surface area contributed by atoms with Crippen molar-refractivity contribution < 1.29 is 4.79 Å². The Morgan fingerprint density at radius 1 is 0.882 bits per heavy atom. The first-order valence-corrected chi connectivity index (χ1v) is 5.74.